The first-order chi connectivity index (χ1) is 14.5. The van der Waals surface area contributed by atoms with E-state index in [-0.39, 0.29) is 18.7 Å². The Morgan fingerprint density at radius 1 is 1.23 bits per heavy atom. The lowest BCUT2D eigenvalue weighted by Gasteiger charge is -2.22. The van der Waals surface area contributed by atoms with Gasteiger partial charge in [0.1, 0.15) is 17.4 Å². The van der Waals surface area contributed by atoms with Crippen molar-refractivity contribution in [3.63, 3.8) is 0 Å². The quantitative estimate of drug-likeness (QED) is 0.494. The van der Waals surface area contributed by atoms with Gasteiger partial charge in [0.15, 0.2) is 5.78 Å². The van der Waals surface area contributed by atoms with E-state index in [1.807, 2.05) is 19.1 Å². The number of Topliss-reactive ketones (excluding diaryl/α,β-unsaturated/α-hetero) is 1. The van der Waals surface area contributed by atoms with E-state index in [2.05, 4.69) is 22.2 Å². The first-order valence-corrected chi connectivity index (χ1v) is 9.90. The molecule has 1 heterocycles. The zero-order valence-corrected chi connectivity index (χ0v) is 18.6. The van der Waals surface area contributed by atoms with Crippen LogP contribution in [0.15, 0.2) is 36.9 Å². The van der Waals surface area contributed by atoms with Gasteiger partial charge in [0.05, 0.1) is 24.7 Å². The summed E-state index contributed by atoms with van der Waals surface area (Å²) in [5.41, 5.74) is 1.20. The third kappa shape index (κ3) is 6.80. The Balaban J connectivity index is 2.10. The third-order valence-electron chi connectivity index (χ3n) is 4.28. The Bertz CT molecular complexity index is 995. The molecular formula is C23H29N3O5. The third-order valence-corrected chi connectivity index (χ3v) is 4.28. The molecule has 1 aromatic heterocycles. The number of alkyl carbamates (subject to hydrolysis) is 1. The molecule has 2 amide bonds. The lowest BCUT2D eigenvalue weighted by Crippen LogP contribution is -2.48. The van der Waals surface area contributed by atoms with Crippen molar-refractivity contribution in [1.29, 1.82) is 0 Å². The van der Waals surface area contributed by atoms with Gasteiger partial charge in [0, 0.05) is 17.1 Å². The van der Waals surface area contributed by atoms with Crippen LogP contribution in [0.1, 0.15) is 43.2 Å². The number of hydrogen-bond acceptors (Lipinski definition) is 6. The number of nitrogens with zero attached hydrogens (tertiary/aromatic N) is 1. The van der Waals surface area contributed by atoms with Crippen LogP contribution in [0.3, 0.4) is 0 Å². The highest BCUT2D eigenvalue weighted by atomic mass is 16.6. The second-order valence-corrected chi connectivity index (χ2v) is 8.06. The Kier molecular flexibility index (Phi) is 7.74. The summed E-state index contributed by atoms with van der Waals surface area (Å²) in [6.07, 6.45) is 0.966. The molecule has 0 fully saturated rings. The molecule has 2 N–H and O–H groups in total. The van der Waals surface area contributed by atoms with Crippen LogP contribution in [0.2, 0.25) is 0 Å². The van der Waals surface area contributed by atoms with Crippen molar-refractivity contribution in [2.75, 3.05) is 13.7 Å². The highest BCUT2D eigenvalue weighted by molar-refractivity contribution is 6.04. The Labute approximate surface area is 182 Å². The summed E-state index contributed by atoms with van der Waals surface area (Å²) in [7, 11) is 1.47. The summed E-state index contributed by atoms with van der Waals surface area (Å²) in [6, 6.07) is 6.20. The number of hydrogen-bond donors (Lipinski definition) is 2. The summed E-state index contributed by atoms with van der Waals surface area (Å²) < 4.78 is 10.5. The summed E-state index contributed by atoms with van der Waals surface area (Å²) in [4.78, 5) is 41.8. The number of aryl methyl sites for hydroxylation is 1. The molecule has 2 aromatic rings. The maximum absolute atomic E-state index is 12.8. The van der Waals surface area contributed by atoms with E-state index in [0.717, 1.165) is 11.1 Å². The lowest BCUT2D eigenvalue weighted by atomic mass is 10.0. The molecular weight excluding hydrogens is 398 g/mol. The van der Waals surface area contributed by atoms with E-state index in [1.54, 1.807) is 32.9 Å². The predicted molar refractivity (Wildman–Crippen MR) is 118 cm³/mol. The molecule has 2 rings (SSSR count). The summed E-state index contributed by atoms with van der Waals surface area (Å²) in [6.45, 7) is 10.4. The molecule has 0 spiro atoms. The van der Waals surface area contributed by atoms with Crippen molar-refractivity contribution >= 4 is 28.7 Å². The predicted octanol–water partition coefficient (Wildman–Crippen LogP) is 3.32. The zero-order valence-electron chi connectivity index (χ0n) is 18.6. The average Bonchev–Trinajstić information content (AvgIpc) is 2.68. The molecule has 0 bridgehead atoms. The summed E-state index contributed by atoms with van der Waals surface area (Å²) >= 11 is 0. The zero-order chi connectivity index (χ0) is 23.2. The number of methoxy groups -OCH3 is 1. The molecule has 8 heteroatoms. The molecule has 0 unspecified atom stereocenters. The van der Waals surface area contributed by atoms with E-state index in [1.165, 1.54) is 13.2 Å². The van der Waals surface area contributed by atoms with Crippen molar-refractivity contribution < 1.29 is 23.9 Å². The molecule has 0 saturated carbocycles. The molecule has 8 nitrogen and oxygen atoms in total. The number of carbonyl (C=O) groups excluding carboxylic acids is 3. The minimum atomic E-state index is -0.911. The van der Waals surface area contributed by atoms with Crippen LogP contribution in [0.4, 0.5) is 4.79 Å². The van der Waals surface area contributed by atoms with Crippen molar-refractivity contribution in [2.24, 2.45) is 0 Å². The van der Waals surface area contributed by atoms with Gasteiger partial charge >= 0.3 is 6.09 Å². The van der Waals surface area contributed by atoms with E-state index < -0.39 is 23.6 Å². The maximum atomic E-state index is 12.8. The number of aromatic nitrogens is 1. The number of rotatable bonds is 8. The summed E-state index contributed by atoms with van der Waals surface area (Å²) in [5, 5.41) is 5.85. The van der Waals surface area contributed by atoms with Crippen LogP contribution in [0.25, 0.3) is 10.9 Å². The topological polar surface area (TPSA) is 107 Å². The fraction of sp³-hybridized carbons (Fsp3) is 0.391. The van der Waals surface area contributed by atoms with Crippen LogP contribution in [0.5, 0.6) is 5.75 Å². The van der Waals surface area contributed by atoms with E-state index in [4.69, 9.17) is 9.47 Å². The van der Waals surface area contributed by atoms with Gasteiger partial charge < -0.3 is 20.1 Å². The smallest absolute Gasteiger partial charge is 0.408 e. The van der Waals surface area contributed by atoms with Crippen molar-refractivity contribution in [2.45, 2.75) is 45.8 Å². The number of benzene rings is 1. The van der Waals surface area contributed by atoms with Crippen LogP contribution >= 0.6 is 0 Å². The number of fused-ring (bicyclic) bond motifs is 1. The van der Waals surface area contributed by atoms with Gasteiger partial charge in [-0.3, -0.25) is 14.6 Å². The number of ether oxygens (including phenoxy) is 2. The monoisotopic (exact) mass is 427 g/mol. The van der Waals surface area contributed by atoms with Gasteiger partial charge in [0.2, 0.25) is 5.91 Å². The van der Waals surface area contributed by atoms with Gasteiger partial charge in [-0.05, 0) is 46.2 Å². The van der Waals surface area contributed by atoms with Gasteiger partial charge in [-0.25, -0.2) is 4.79 Å². The first kappa shape index (κ1) is 23.9. The van der Waals surface area contributed by atoms with Crippen LogP contribution in [0, 0.1) is 6.92 Å². The van der Waals surface area contributed by atoms with Gasteiger partial charge in [-0.2, -0.15) is 0 Å². The molecule has 0 aliphatic rings. The molecule has 31 heavy (non-hydrogen) atoms. The standard InChI is InChI=1S/C23H29N3O5/c1-7-8-17(26-22(29)31-23(3,4)5)21(28)24-13-19(27)16-11-15-10-9-14(2)25-18(15)12-20(16)30-6/h7,9-12,17H,1,8,13H2,2-6H3,(H,24,28)(H,26,29)/t17-/m0/s1. The second-order valence-electron chi connectivity index (χ2n) is 8.06. The van der Waals surface area contributed by atoms with E-state index >= 15 is 0 Å². The number of ketones is 1. The lowest BCUT2D eigenvalue weighted by molar-refractivity contribution is -0.122. The Morgan fingerprint density at radius 2 is 1.94 bits per heavy atom. The minimum Gasteiger partial charge on any atom is -0.496 e. The fourth-order valence-electron chi connectivity index (χ4n) is 2.87. The number of amides is 2. The minimum absolute atomic E-state index is 0.184. The molecule has 0 radical (unpaired) electrons. The normalized spacial score (nSPS) is 12.0. The van der Waals surface area contributed by atoms with Gasteiger partial charge in [0.25, 0.3) is 0 Å². The molecule has 166 valence electrons. The number of pyridine rings is 1. The Morgan fingerprint density at radius 3 is 2.55 bits per heavy atom. The maximum Gasteiger partial charge on any atom is 0.408 e. The van der Waals surface area contributed by atoms with Crippen molar-refractivity contribution in [3.05, 3.63) is 48.2 Å². The van der Waals surface area contributed by atoms with Gasteiger partial charge in [-0.1, -0.05) is 12.1 Å². The number of nitrogens with one attached hydrogen (secondary N) is 2. The first-order valence-electron chi connectivity index (χ1n) is 9.90. The van der Waals surface area contributed by atoms with Crippen molar-refractivity contribution in [1.82, 2.24) is 15.6 Å². The SMILES string of the molecule is C=CC[C@H](NC(=O)OC(C)(C)C)C(=O)NCC(=O)c1cc2ccc(C)nc2cc1OC. The van der Waals surface area contributed by atoms with Crippen LogP contribution in [-0.2, 0) is 9.53 Å². The van der Waals surface area contributed by atoms with Crippen LogP contribution in [-0.4, -0.2) is 48.1 Å². The summed E-state index contributed by atoms with van der Waals surface area (Å²) in [5.74, 6) is -0.474. The van der Waals surface area contributed by atoms with Crippen LogP contribution < -0.4 is 15.4 Å². The van der Waals surface area contributed by atoms with Gasteiger partial charge in [-0.15, -0.1) is 6.58 Å². The fourth-order valence-corrected chi connectivity index (χ4v) is 2.87. The average molecular weight is 428 g/mol. The second kappa shape index (κ2) is 10.1. The molecule has 1 atom stereocenters. The van der Waals surface area contributed by atoms with E-state index in [0.29, 0.717) is 16.8 Å². The largest absolute Gasteiger partial charge is 0.496 e. The highest BCUT2D eigenvalue weighted by Gasteiger charge is 2.24. The van der Waals surface area contributed by atoms with Crippen molar-refractivity contribution in [3.8, 4) is 5.75 Å². The molecule has 0 saturated heterocycles. The molecule has 0 aliphatic carbocycles. The molecule has 1 aromatic carbocycles. The van der Waals surface area contributed by atoms with E-state index in [9.17, 15) is 14.4 Å². The number of carbonyl (C=O) groups is 3. The highest BCUT2D eigenvalue weighted by Crippen LogP contribution is 2.25. The molecule has 0 aliphatic heterocycles. The Hall–Kier alpha value is -3.42.